The lowest BCUT2D eigenvalue weighted by Gasteiger charge is -2.21. The number of hydrogen-bond acceptors (Lipinski definition) is 0. The van der Waals surface area contributed by atoms with E-state index in [1.807, 2.05) is 0 Å². The number of hydrogen-bond donors (Lipinski definition) is 0. The molecule has 8 aromatic rings. The Labute approximate surface area is 245 Å². The van der Waals surface area contributed by atoms with Crippen molar-refractivity contribution in [3.05, 3.63) is 151 Å². The SMILES string of the molecule is CC1(C)c2ccccc2-c2cc3c4ccccc4n(-c4cccc(-c5cc6ccccc6c6ccccc56)c4)c3cc21. The van der Waals surface area contributed by atoms with Gasteiger partial charge in [0.1, 0.15) is 0 Å². The van der Waals surface area contributed by atoms with E-state index < -0.39 is 0 Å². The Hall–Kier alpha value is -5.14. The molecule has 42 heavy (non-hydrogen) atoms. The maximum atomic E-state index is 2.47. The largest absolute Gasteiger partial charge is 0.309 e. The molecule has 7 aromatic carbocycles. The van der Waals surface area contributed by atoms with Gasteiger partial charge in [0.25, 0.3) is 0 Å². The summed E-state index contributed by atoms with van der Waals surface area (Å²) in [7, 11) is 0. The Morgan fingerprint density at radius 1 is 0.429 bits per heavy atom. The Balaban J connectivity index is 1.32. The van der Waals surface area contributed by atoms with Gasteiger partial charge in [-0.05, 0) is 91.3 Å². The molecule has 1 heteroatoms. The fraction of sp³-hybridized carbons (Fsp3) is 0.0732. The van der Waals surface area contributed by atoms with Crippen molar-refractivity contribution >= 4 is 43.4 Å². The number of benzene rings is 7. The van der Waals surface area contributed by atoms with Crippen LogP contribution in [0.3, 0.4) is 0 Å². The molecule has 0 atom stereocenters. The van der Waals surface area contributed by atoms with Gasteiger partial charge in [0, 0.05) is 21.9 Å². The van der Waals surface area contributed by atoms with Crippen molar-refractivity contribution in [1.82, 2.24) is 4.57 Å². The van der Waals surface area contributed by atoms with E-state index in [1.165, 1.54) is 82.4 Å². The number of fused-ring (bicyclic) bond motifs is 9. The van der Waals surface area contributed by atoms with Crippen molar-refractivity contribution in [2.24, 2.45) is 0 Å². The van der Waals surface area contributed by atoms with E-state index >= 15 is 0 Å². The first-order chi connectivity index (χ1) is 20.6. The fourth-order valence-corrected chi connectivity index (χ4v) is 7.55. The van der Waals surface area contributed by atoms with E-state index in [0.717, 1.165) is 0 Å². The van der Waals surface area contributed by atoms with Crippen LogP contribution in [0.5, 0.6) is 0 Å². The molecule has 0 radical (unpaired) electrons. The molecule has 1 aliphatic rings. The predicted octanol–water partition coefficient (Wildman–Crippen LogP) is 11.1. The first-order valence-electron chi connectivity index (χ1n) is 14.8. The third-order valence-corrected chi connectivity index (χ3v) is 9.56. The molecule has 9 rings (SSSR count). The molecule has 0 unspecified atom stereocenters. The van der Waals surface area contributed by atoms with E-state index in [-0.39, 0.29) is 5.41 Å². The zero-order valence-corrected chi connectivity index (χ0v) is 23.7. The Morgan fingerprint density at radius 2 is 1.14 bits per heavy atom. The summed E-state index contributed by atoms with van der Waals surface area (Å²) in [5.41, 5.74) is 11.7. The van der Waals surface area contributed by atoms with Crippen molar-refractivity contribution < 1.29 is 0 Å². The molecular formula is C41H29N. The third-order valence-electron chi connectivity index (χ3n) is 9.56. The van der Waals surface area contributed by atoms with Gasteiger partial charge in [-0.2, -0.15) is 0 Å². The second-order valence-electron chi connectivity index (χ2n) is 12.2. The van der Waals surface area contributed by atoms with Gasteiger partial charge < -0.3 is 4.57 Å². The quantitative estimate of drug-likeness (QED) is 0.194. The number of para-hydroxylation sites is 1. The highest BCUT2D eigenvalue weighted by Gasteiger charge is 2.36. The minimum atomic E-state index is -0.0484. The van der Waals surface area contributed by atoms with Gasteiger partial charge in [-0.15, -0.1) is 0 Å². The summed E-state index contributed by atoms with van der Waals surface area (Å²) in [6, 6.07) is 51.6. The molecule has 0 saturated heterocycles. The number of aromatic nitrogens is 1. The first kappa shape index (κ1) is 23.6. The van der Waals surface area contributed by atoms with Gasteiger partial charge in [0.05, 0.1) is 11.0 Å². The molecular weight excluding hydrogens is 506 g/mol. The van der Waals surface area contributed by atoms with Crippen LogP contribution in [0, 0.1) is 0 Å². The summed E-state index contributed by atoms with van der Waals surface area (Å²) in [5, 5.41) is 7.74. The highest BCUT2D eigenvalue weighted by atomic mass is 15.0. The molecule has 1 aliphatic carbocycles. The summed E-state index contributed by atoms with van der Waals surface area (Å²) in [5.74, 6) is 0. The zero-order valence-electron chi connectivity index (χ0n) is 23.7. The van der Waals surface area contributed by atoms with Crippen LogP contribution in [-0.2, 0) is 5.41 Å². The second-order valence-corrected chi connectivity index (χ2v) is 12.2. The maximum Gasteiger partial charge on any atom is 0.0544 e. The third kappa shape index (κ3) is 3.14. The summed E-state index contributed by atoms with van der Waals surface area (Å²) >= 11 is 0. The number of rotatable bonds is 2. The Kier molecular flexibility index (Phi) is 4.73. The maximum absolute atomic E-state index is 2.47. The summed E-state index contributed by atoms with van der Waals surface area (Å²) in [4.78, 5) is 0. The number of nitrogens with zero attached hydrogens (tertiary/aromatic N) is 1. The molecule has 0 saturated carbocycles. The van der Waals surface area contributed by atoms with E-state index in [9.17, 15) is 0 Å². The molecule has 0 spiro atoms. The average Bonchev–Trinajstić information content (AvgIpc) is 3.48. The monoisotopic (exact) mass is 535 g/mol. The van der Waals surface area contributed by atoms with Crippen molar-refractivity contribution in [3.8, 4) is 27.9 Å². The van der Waals surface area contributed by atoms with Crippen LogP contribution in [0.4, 0.5) is 0 Å². The molecule has 1 heterocycles. The first-order valence-corrected chi connectivity index (χ1v) is 14.8. The summed E-state index contributed by atoms with van der Waals surface area (Å²) in [6.07, 6.45) is 0. The summed E-state index contributed by atoms with van der Waals surface area (Å²) < 4.78 is 2.47. The molecule has 1 nitrogen and oxygen atoms in total. The van der Waals surface area contributed by atoms with Crippen LogP contribution >= 0.6 is 0 Å². The van der Waals surface area contributed by atoms with E-state index in [2.05, 4.69) is 158 Å². The lowest BCUT2D eigenvalue weighted by molar-refractivity contribution is 0.661. The molecule has 0 amide bonds. The van der Waals surface area contributed by atoms with E-state index in [1.54, 1.807) is 0 Å². The van der Waals surface area contributed by atoms with Gasteiger partial charge in [-0.25, -0.2) is 0 Å². The van der Waals surface area contributed by atoms with Crippen LogP contribution < -0.4 is 0 Å². The second kappa shape index (κ2) is 8.44. The molecule has 0 bridgehead atoms. The van der Waals surface area contributed by atoms with Crippen LogP contribution in [-0.4, -0.2) is 4.57 Å². The normalized spacial score (nSPS) is 13.7. The van der Waals surface area contributed by atoms with Gasteiger partial charge >= 0.3 is 0 Å². The van der Waals surface area contributed by atoms with Crippen molar-refractivity contribution in [3.63, 3.8) is 0 Å². The zero-order chi connectivity index (χ0) is 28.0. The fourth-order valence-electron chi connectivity index (χ4n) is 7.55. The smallest absolute Gasteiger partial charge is 0.0544 e. The topological polar surface area (TPSA) is 4.93 Å². The van der Waals surface area contributed by atoms with Crippen LogP contribution in [0.1, 0.15) is 25.0 Å². The van der Waals surface area contributed by atoms with Crippen LogP contribution in [0.15, 0.2) is 140 Å². The van der Waals surface area contributed by atoms with E-state index in [4.69, 9.17) is 0 Å². The molecule has 0 fully saturated rings. The lowest BCUT2D eigenvalue weighted by Crippen LogP contribution is -2.14. The molecule has 0 aliphatic heterocycles. The minimum absolute atomic E-state index is 0.0484. The van der Waals surface area contributed by atoms with Crippen molar-refractivity contribution in [1.29, 1.82) is 0 Å². The van der Waals surface area contributed by atoms with Crippen molar-refractivity contribution in [2.45, 2.75) is 19.3 Å². The predicted molar refractivity (Wildman–Crippen MR) is 179 cm³/mol. The highest BCUT2D eigenvalue weighted by molar-refractivity contribution is 6.14. The van der Waals surface area contributed by atoms with Gasteiger partial charge in [0.2, 0.25) is 0 Å². The van der Waals surface area contributed by atoms with Gasteiger partial charge in [-0.3, -0.25) is 0 Å². The Morgan fingerprint density at radius 3 is 2.02 bits per heavy atom. The molecule has 1 aromatic heterocycles. The van der Waals surface area contributed by atoms with Crippen LogP contribution in [0.25, 0.3) is 71.3 Å². The molecule has 0 N–H and O–H groups in total. The van der Waals surface area contributed by atoms with Crippen LogP contribution in [0.2, 0.25) is 0 Å². The average molecular weight is 536 g/mol. The highest BCUT2D eigenvalue weighted by Crippen LogP contribution is 2.51. The Bertz CT molecular complexity index is 2380. The standard InChI is InChI=1S/C41H29N/c1-41(2)37-20-9-7-18-32(37)35-24-36-33-19-8-10-21-39(33)42(40(36)25-38(35)41)28-14-11-13-26(22-28)34-23-27-12-3-4-15-29(27)30-16-5-6-17-31(30)34/h3-25H,1-2H3. The van der Waals surface area contributed by atoms with Gasteiger partial charge in [0.15, 0.2) is 0 Å². The molecule has 198 valence electrons. The van der Waals surface area contributed by atoms with Crippen molar-refractivity contribution in [2.75, 3.05) is 0 Å². The lowest BCUT2D eigenvalue weighted by atomic mass is 9.82. The van der Waals surface area contributed by atoms with Gasteiger partial charge in [-0.1, -0.05) is 117 Å². The summed E-state index contributed by atoms with van der Waals surface area (Å²) in [6.45, 7) is 4.73. The minimum Gasteiger partial charge on any atom is -0.309 e. The van der Waals surface area contributed by atoms with E-state index in [0.29, 0.717) is 0 Å².